The van der Waals surface area contributed by atoms with Crippen molar-refractivity contribution in [3.63, 3.8) is 0 Å². The van der Waals surface area contributed by atoms with E-state index in [4.69, 9.17) is 0 Å². The minimum absolute atomic E-state index is 0.108. The van der Waals surface area contributed by atoms with Gasteiger partial charge in [0.25, 0.3) is 0 Å². The van der Waals surface area contributed by atoms with Crippen LogP contribution < -0.4 is 5.32 Å². The first-order chi connectivity index (χ1) is 11.2. The van der Waals surface area contributed by atoms with Crippen molar-refractivity contribution >= 4 is 6.03 Å². The van der Waals surface area contributed by atoms with Crippen molar-refractivity contribution in [1.82, 2.24) is 10.2 Å². The summed E-state index contributed by atoms with van der Waals surface area (Å²) in [7, 11) is 0. The molecule has 4 nitrogen and oxygen atoms in total. The molecule has 3 aliphatic carbocycles. The van der Waals surface area contributed by atoms with E-state index in [2.05, 4.69) is 5.32 Å². The third-order valence-corrected chi connectivity index (χ3v) is 7.28. The molecular formula is C19H32N2O2. The number of fused-ring (bicyclic) bond motifs is 2. The Labute approximate surface area is 140 Å². The summed E-state index contributed by atoms with van der Waals surface area (Å²) in [5.41, 5.74) is 0.403. The number of amides is 2. The monoisotopic (exact) mass is 320 g/mol. The number of carbonyl (C=O) groups is 1. The molecule has 1 saturated heterocycles. The van der Waals surface area contributed by atoms with Crippen LogP contribution in [0.1, 0.15) is 57.8 Å². The molecular weight excluding hydrogens is 288 g/mol. The van der Waals surface area contributed by atoms with Crippen LogP contribution in [0.5, 0.6) is 0 Å². The van der Waals surface area contributed by atoms with Gasteiger partial charge < -0.3 is 15.3 Å². The topological polar surface area (TPSA) is 52.6 Å². The summed E-state index contributed by atoms with van der Waals surface area (Å²) in [5, 5.41) is 12.6. The van der Waals surface area contributed by atoms with Crippen LogP contribution in [0.3, 0.4) is 0 Å². The highest BCUT2D eigenvalue weighted by molar-refractivity contribution is 5.74. The van der Waals surface area contributed by atoms with Crippen molar-refractivity contribution in [2.45, 2.75) is 57.8 Å². The second-order valence-corrected chi connectivity index (χ2v) is 8.96. The van der Waals surface area contributed by atoms with E-state index in [0.717, 1.165) is 50.2 Å². The third kappa shape index (κ3) is 3.11. The second kappa shape index (κ2) is 6.27. The number of nitrogens with zero attached hydrogens (tertiary/aromatic N) is 1. The van der Waals surface area contributed by atoms with Gasteiger partial charge in [0.15, 0.2) is 0 Å². The fourth-order valence-electron chi connectivity index (χ4n) is 6.31. The number of urea groups is 1. The molecule has 3 saturated carbocycles. The Morgan fingerprint density at radius 1 is 1.13 bits per heavy atom. The summed E-state index contributed by atoms with van der Waals surface area (Å²) < 4.78 is 0. The Morgan fingerprint density at radius 3 is 2.87 bits per heavy atom. The van der Waals surface area contributed by atoms with E-state index < -0.39 is 0 Å². The highest BCUT2D eigenvalue weighted by atomic mass is 16.3. The Kier molecular flexibility index (Phi) is 4.29. The van der Waals surface area contributed by atoms with E-state index in [0.29, 0.717) is 5.41 Å². The largest absolute Gasteiger partial charge is 0.396 e. The number of likely N-dealkylation sites (tertiary alicyclic amines) is 1. The summed E-state index contributed by atoms with van der Waals surface area (Å²) in [6.07, 6.45) is 11.9. The van der Waals surface area contributed by atoms with Gasteiger partial charge in [-0.15, -0.1) is 0 Å². The van der Waals surface area contributed by atoms with Gasteiger partial charge >= 0.3 is 6.03 Å². The molecule has 4 heteroatoms. The van der Waals surface area contributed by atoms with Crippen LogP contribution in [-0.2, 0) is 0 Å². The molecule has 2 N–H and O–H groups in total. The third-order valence-electron chi connectivity index (χ3n) is 7.28. The maximum atomic E-state index is 12.6. The lowest BCUT2D eigenvalue weighted by molar-refractivity contribution is 0.117. The molecule has 0 aromatic heterocycles. The summed E-state index contributed by atoms with van der Waals surface area (Å²) in [6, 6.07) is 0.108. The van der Waals surface area contributed by atoms with Gasteiger partial charge in [-0.25, -0.2) is 4.79 Å². The molecule has 5 unspecified atom stereocenters. The molecule has 0 aromatic carbocycles. The Morgan fingerprint density at radius 2 is 2.00 bits per heavy atom. The SMILES string of the molecule is O=C(NCC12CC3CCCC(C1)C(C3)C2)N1CCCC(CO)C1. The lowest BCUT2D eigenvalue weighted by Crippen LogP contribution is -2.49. The van der Waals surface area contributed by atoms with E-state index in [1.54, 1.807) is 0 Å². The van der Waals surface area contributed by atoms with E-state index in [-0.39, 0.29) is 18.6 Å². The lowest BCUT2D eigenvalue weighted by atomic mass is 9.69. The Hall–Kier alpha value is -0.770. The fraction of sp³-hybridized carbons (Fsp3) is 0.947. The van der Waals surface area contributed by atoms with Crippen LogP contribution in [0.15, 0.2) is 0 Å². The molecule has 0 aromatic rings. The number of piperidine rings is 1. The van der Waals surface area contributed by atoms with Crippen LogP contribution in [0.4, 0.5) is 4.79 Å². The van der Waals surface area contributed by atoms with E-state index in [1.807, 2.05) is 4.90 Å². The van der Waals surface area contributed by atoms with Crippen molar-refractivity contribution in [3.8, 4) is 0 Å². The van der Waals surface area contributed by atoms with Crippen molar-refractivity contribution in [2.75, 3.05) is 26.2 Å². The van der Waals surface area contributed by atoms with Crippen LogP contribution >= 0.6 is 0 Å². The number of aliphatic hydroxyl groups is 1. The smallest absolute Gasteiger partial charge is 0.317 e. The average molecular weight is 320 g/mol. The standard InChI is InChI=1S/C19H32N2O2/c22-12-15-4-2-6-21(11-15)18(23)20-13-19-8-14-3-1-5-16(9-19)17(7-14)10-19/h14-17,22H,1-13H2,(H,20,23). The number of carbonyl (C=O) groups excluding carboxylic acids is 1. The summed E-state index contributed by atoms with van der Waals surface area (Å²) >= 11 is 0. The molecule has 2 amide bonds. The van der Waals surface area contributed by atoms with Gasteiger partial charge in [-0.05, 0) is 67.6 Å². The van der Waals surface area contributed by atoms with E-state index in [9.17, 15) is 9.90 Å². The molecule has 0 spiro atoms. The van der Waals surface area contributed by atoms with Crippen LogP contribution in [0, 0.1) is 29.1 Å². The van der Waals surface area contributed by atoms with Gasteiger partial charge in [0.2, 0.25) is 0 Å². The van der Waals surface area contributed by atoms with Gasteiger partial charge in [-0.2, -0.15) is 0 Å². The quantitative estimate of drug-likeness (QED) is 0.840. The van der Waals surface area contributed by atoms with Crippen LogP contribution in [-0.4, -0.2) is 42.3 Å². The zero-order valence-corrected chi connectivity index (χ0v) is 14.3. The molecule has 23 heavy (non-hydrogen) atoms. The first-order valence-electron chi connectivity index (χ1n) is 9.81. The highest BCUT2D eigenvalue weighted by Gasteiger charge is 2.51. The molecule has 4 rings (SSSR count). The minimum atomic E-state index is 0.108. The summed E-state index contributed by atoms with van der Waals surface area (Å²) in [5.74, 6) is 3.08. The molecule has 1 heterocycles. The first kappa shape index (κ1) is 15.7. The zero-order chi connectivity index (χ0) is 15.9. The molecule has 5 atom stereocenters. The molecule has 4 fully saturated rings. The van der Waals surface area contributed by atoms with Crippen molar-refractivity contribution in [2.24, 2.45) is 29.1 Å². The fourth-order valence-corrected chi connectivity index (χ4v) is 6.31. The van der Waals surface area contributed by atoms with Crippen molar-refractivity contribution in [1.29, 1.82) is 0 Å². The molecule has 4 aliphatic rings. The highest BCUT2D eigenvalue weighted by Crippen LogP contribution is 2.59. The number of nitrogens with one attached hydrogen (secondary N) is 1. The molecule has 130 valence electrons. The predicted molar refractivity (Wildman–Crippen MR) is 90.0 cm³/mol. The molecule has 3 bridgehead atoms. The van der Waals surface area contributed by atoms with Crippen molar-refractivity contribution < 1.29 is 9.90 Å². The minimum Gasteiger partial charge on any atom is -0.396 e. The first-order valence-corrected chi connectivity index (χ1v) is 9.81. The maximum absolute atomic E-state index is 12.6. The normalized spacial score (nSPS) is 42.6. The molecule has 1 aliphatic heterocycles. The van der Waals surface area contributed by atoms with Gasteiger partial charge in [0.1, 0.15) is 0 Å². The Balaban J connectivity index is 1.35. The number of hydrogen-bond acceptors (Lipinski definition) is 2. The lowest BCUT2D eigenvalue weighted by Gasteiger charge is -2.39. The van der Waals surface area contributed by atoms with E-state index in [1.165, 1.54) is 44.9 Å². The average Bonchev–Trinajstić information content (AvgIpc) is 2.73. The van der Waals surface area contributed by atoms with Gasteiger partial charge in [0.05, 0.1) is 0 Å². The van der Waals surface area contributed by atoms with Crippen LogP contribution in [0.2, 0.25) is 0 Å². The number of rotatable bonds is 3. The van der Waals surface area contributed by atoms with E-state index >= 15 is 0 Å². The van der Waals surface area contributed by atoms with Gasteiger partial charge in [0, 0.05) is 26.2 Å². The number of aliphatic hydroxyl groups excluding tert-OH is 1. The van der Waals surface area contributed by atoms with Crippen LogP contribution in [0.25, 0.3) is 0 Å². The van der Waals surface area contributed by atoms with Gasteiger partial charge in [-0.3, -0.25) is 0 Å². The zero-order valence-electron chi connectivity index (χ0n) is 14.3. The van der Waals surface area contributed by atoms with Crippen molar-refractivity contribution in [3.05, 3.63) is 0 Å². The molecule has 0 radical (unpaired) electrons. The predicted octanol–water partition coefficient (Wildman–Crippen LogP) is 3.01. The Bertz CT molecular complexity index is 451. The second-order valence-electron chi connectivity index (χ2n) is 8.96. The number of hydrogen-bond donors (Lipinski definition) is 2. The summed E-state index contributed by atoms with van der Waals surface area (Å²) in [6.45, 7) is 2.67. The maximum Gasteiger partial charge on any atom is 0.317 e. The summed E-state index contributed by atoms with van der Waals surface area (Å²) in [4.78, 5) is 14.5. The van der Waals surface area contributed by atoms with Gasteiger partial charge in [-0.1, -0.05) is 19.3 Å².